The van der Waals surface area contributed by atoms with Gasteiger partial charge in [-0.3, -0.25) is 19.3 Å². The number of nitrogens with zero attached hydrogens (tertiary/aromatic N) is 3. The maximum absolute atomic E-state index is 13.9. The number of carbonyl (C=O) groups excluding carboxylic acids is 3. The molecule has 0 saturated carbocycles. The van der Waals surface area contributed by atoms with E-state index in [-0.39, 0.29) is 18.9 Å². The molecule has 3 heterocycles. The van der Waals surface area contributed by atoms with Gasteiger partial charge in [0.2, 0.25) is 5.95 Å². The highest BCUT2D eigenvalue weighted by molar-refractivity contribution is 7.14. The first-order chi connectivity index (χ1) is 18.9. The largest absolute Gasteiger partial charge is 0.357 e. The number of aromatic nitrogens is 2. The molecular formula is C29H24FN5O3S. The first kappa shape index (κ1) is 24.9. The first-order valence-corrected chi connectivity index (χ1v) is 13.4. The minimum atomic E-state index is -0.633. The fraction of sp³-hybridized carbons (Fsp3) is 0.207. The van der Waals surface area contributed by atoms with Crippen molar-refractivity contribution in [3.05, 3.63) is 98.6 Å². The molecule has 10 heteroatoms. The molecule has 1 atom stereocenters. The fourth-order valence-corrected chi connectivity index (χ4v) is 6.17. The molecule has 2 N–H and O–H groups in total. The van der Waals surface area contributed by atoms with Gasteiger partial charge in [-0.1, -0.05) is 24.3 Å². The van der Waals surface area contributed by atoms with Crippen molar-refractivity contribution in [2.24, 2.45) is 0 Å². The third-order valence-corrected chi connectivity index (χ3v) is 8.18. The molecule has 6 rings (SSSR count). The van der Waals surface area contributed by atoms with E-state index < -0.39 is 23.7 Å². The number of halogens is 1. The number of amides is 3. The Kier molecular flexibility index (Phi) is 6.40. The van der Waals surface area contributed by atoms with Gasteiger partial charge in [0.05, 0.1) is 27.7 Å². The van der Waals surface area contributed by atoms with Crippen molar-refractivity contribution in [2.75, 3.05) is 18.9 Å². The predicted molar refractivity (Wildman–Crippen MR) is 145 cm³/mol. The van der Waals surface area contributed by atoms with Crippen molar-refractivity contribution >= 4 is 35.0 Å². The Morgan fingerprint density at radius 1 is 1.05 bits per heavy atom. The smallest absolute Gasteiger partial charge is 0.261 e. The van der Waals surface area contributed by atoms with Crippen LogP contribution in [-0.2, 0) is 19.3 Å². The molecule has 0 radical (unpaired) electrons. The minimum absolute atomic E-state index is 0.0404. The molecule has 0 bridgehead atoms. The zero-order valence-corrected chi connectivity index (χ0v) is 21.8. The number of fused-ring (bicyclic) bond motifs is 4. The fourth-order valence-electron chi connectivity index (χ4n) is 5.11. The summed E-state index contributed by atoms with van der Waals surface area (Å²) >= 11 is 1.40. The van der Waals surface area contributed by atoms with E-state index in [0.717, 1.165) is 39.4 Å². The number of nitrogens with one attached hydrogen (secondary N) is 2. The van der Waals surface area contributed by atoms with Gasteiger partial charge in [-0.25, -0.2) is 14.4 Å². The first-order valence-electron chi connectivity index (χ1n) is 12.6. The molecule has 0 spiro atoms. The van der Waals surface area contributed by atoms with Crippen molar-refractivity contribution in [3.8, 4) is 11.3 Å². The van der Waals surface area contributed by atoms with Gasteiger partial charge in [-0.05, 0) is 60.7 Å². The number of benzene rings is 2. The van der Waals surface area contributed by atoms with E-state index in [1.54, 1.807) is 43.4 Å². The molecule has 2 aromatic heterocycles. The van der Waals surface area contributed by atoms with Gasteiger partial charge in [0, 0.05) is 30.2 Å². The van der Waals surface area contributed by atoms with Crippen LogP contribution in [0.1, 0.15) is 46.4 Å². The van der Waals surface area contributed by atoms with Gasteiger partial charge >= 0.3 is 0 Å². The van der Waals surface area contributed by atoms with Gasteiger partial charge in [-0.15, -0.1) is 11.3 Å². The summed E-state index contributed by atoms with van der Waals surface area (Å²) < 4.78 is 13.9. The molecular weight excluding hydrogens is 517 g/mol. The molecule has 196 valence electrons. The van der Waals surface area contributed by atoms with Crippen LogP contribution in [-0.4, -0.2) is 52.2 Å². The second-order valence-electron chi connectivity index (χ2n) is 9.54. The van der Waals surface area contributed by atoms with Crippen LogP contribution in [0.4, 0.5) is 10.3 Å². The molecule has 1 aliphatic carbocycles. The summed E-state index contributed by atoms with van der Waals surface area (Å²) in [5, 5.41) is 5.96. The zero-order chi connectivity index (χ0) is 27.1. The minimum Gasteiger partial charge on any atom is -0.357 e. The maximum atomic E-state index is 13.9. The molecule has 2 aromatic carbocycles. The normalized spacial score (nSPS) is 14.5. The zero-order valence-electron chi connectivity index (χ0n) is 21.0. The highest BCUT2D eigenvalue weighted by Crippen LogP contribution is 2.38. The molecule has 0 fully saturated rings. The number of anilines is 1. The molecule has 4 aromatic rings. The molecule has 1 aliphatic heterocycles. The Bertz CT molecular complexity index is 1600. The molecule has 2 aliphatic rings. The van der Waals surface area contributed by atoms with Crippen LogP contribution in [0.2, 0.25) is 0 Å². The number of aryl methyl sites for hydroxylation is 2. The third kappa shape index (κ3) is 4.67. The van der Waals surface area contributed by atoms with E-state index in [4.69, 9.17) is 0 Å². The predicted octanol–water partition coefficient (Wildman–Crippen LogP) is 4.12. The highest BCUT2D eigenvalue weighted by atomic mass is 32.1. The Morgan fingerprint density at radius 3 is 2.54 bits per heavy atom. The van der Waals surface area contributed by atoms with Crippen molar-refractivity contribution in [3.63, 3.8) is 0 Å². The number of hydrogen-bond donors (Lipinski definition) is 2. The van der Waals surface area contributed by atoms with Crippen molar-refractivity contribution in [1.29, 1.82) is 0 Å². The number of hydrogen-bond acceptors (Lipinski definition) is 7. The summed E-state index contributed by atoms with van der Waals surface area (Å²) in [5.74, 6) is -1.02. The van der Waals surface area contributed by atoms with Crippen LogP contribution >= 0.6 is 11.3 Å². The molecule has 0 saturated heterocycles. The lowest BCUT2D eigenvalue weighted by Crippen LogP contribution is -2.46. The standard InChI is InChI=1S/C29H24FN5O3S/c1-31-29-32-14-17-9-10-23-22(25(17)34-29)13-24(39-23)26(36)33-19(12-16-5-4-6-18(30)11-16)15-35-27(37)20-7-2-3-8-21(20)28(35)38/h2-8,11,13-14,19H,9-10,12,15H2,1H3,(H,33,36)(H,31,32,34). The average molecular weight is 542 g/mol. The molecule has 39 heavy (non-hydrogen) atoms. The third-order valence-electron chi connectivity index (χ3n) is 6.98. The van der Waals surface area contributed by atoms with Gasteiger partial charge in [0.1, 0.15) is 5.82 Å². The summed E-state index contributed by atoms with van der Waals surface area (Å²) in [6.45, 7) is -0.0404. The summed E-state index contributed by atoms with van der Waals surface area (Å²) in [7, 11) is 1.76. The van der Waals surface area contributed by atoms with E-state index in [2.05, 4.69) is 20.6 Å². The topological polar surface area (TPSA) is 104 Å². The van der Waals surface area contributed by atoms with E-state index in [1.165, 1.54) is 23.5 Å². The second-order valence-corrected chi connectivity index (χ2v) is 10.7. The Morgan fingerprint density at radius 2 is 1.82 bits per heavy atom. The van der Waals surface area contributed by atoms with Gasteiger partial charge in [0.15, 0.2) is 0 Å². The second kappa shape index (κ2) is 10.0. The van der Waals surface area contributed by atoms with Crippen LogP contribution in [0.3, 0.4) is 0 Å². The van der Waals surface area contributed by atoms with Crippen molar-refractivity contribution < 1.29 is 18.8 Å². The van der Waals surface area contributed by atoms with Gasteiger partial charge < -0.3 is 10.6 Å². The highest BCUT2D eigenvalue weighted by Gasteiger charge is 2.37. The number of thiophene rings is 1. The lowest BCUT2D eigenvalue weighted by molar-refractivity contribution is 0.0629. The van der Waals surface area contributed by atoms with Gasteiger partial charge in [-0.2, -0.15) is 0 Å². The lowest BCUT2D eigenvalue weighted by atomic mass is 9.96. The summed E-state index contributed by atoms with van der Waals surface area (Å²) in [6, 6.07) is 13.9. The van der Waals surface area contributed by atoms with E-state index in [9.17, 15) is 18.8 Å². The molecule has 3 amide bonds. The van der Waals surface area contributed by atoms with E-state index in [0.29, 0.717) is 27.5 Å². The van der Waals surface area contributed by atoms with Crippen molar-refractivity contribution in [1.82, 2.24) is 20.2 Å². The van der Waals surface area contributed by atoms with E-state index in [1.807, 2.05) is 12.3 Å². The van der Waals surface area contributed by atoms with Crippen LogP contribution in [0, 0.1) is 5.82 Å². The summed E-state index contributed by atoms with van der Waals surface area (Å²) in [4.78, 5) is 51.2. The Hall–Kier alpha value is -4.44. The lowest BCUT2D eigenvalue weighted by Gasteiger charge is -2.24. The van der Waals surface area contributed by atoms with Crippen LogP contribution in [0.15, 0.2) is 60.8 Å². The van der Waals surface area contributed by atoms with Gasteiger partial charge in [0.25, 0.3) is 17.7 Å². The Labute approximate surface area is 227 Å². The number of carbonyl (C=O) groups is 3. The maximum Gasteiger partial charge on any atom is 0.261 e. The number of imide groups is 1. The number of rotatable bonds is 7. The molecule has 1 unspecified atom stereocenters. The van der Waals surface area contributed by atoms with Crippen molar-refractivity contribution in [2.45, 2.75) is 25.3 Å². The SMILES string of the molecule is CNc1ncc2c(n1)-c1cc(C(=O)NC(Cc3cccc(F)c3)CN3C(=O)c4ccccc4C3=O)sc1CC2. The quantitative estimate of drug-likeness (QED) is 0.341. The van der Waals surface area contributed by atoms with Crippen LogP contribution < -0.4 is 10.6 Å². The van der Waals surface area contributed by atoms with E-state index >= 15 is 0 Å². The Balaban J connectivity index is 1.27. The average Bonchev–Trinajstić information content (AvgIpc) is 3.49. The summed E-state index contributed by atoms with van der Waals surface area (Å²) in [6.07, 6.45) is 3.62. The van der Waals surface area contributed by atoms with Crippen LogP contribution in [0.5, 0.6) is 0 Å². The molecule has 8 nitrogen and oxygen atoms in total. The summed E-state index contributed by atoms with van der Waals surface area (Å²) in [5.41, 5.74) is 4.07. The monoisotopic (exact) mass is 541 g/mol. The van der Waals surface area contributed by atoms with Crippen LogP contribution in [0.25, 0.3) is 11.3 Å².